The van der Waals surface area contributed by atoms with Gasteiger partial charge in [0.1, 0.15) is 17.1 Å². The van der Waals surface area contributed by atoms with Gasteiger partial charge in [0.2, 0.25) is 0 Å². The summed E-state index contributed by atoms with van der Waals surface area (Å²) >= 11 is 0. The molecular weight excluding hydrogens is 340 g/mol. The first-order valence-corrected chi connectivity index (χ1v) is 9.18. The van der Waals surface area contributed by atoms with Crippen molar-refractivity contribution >= 4 is 11.6 Å². The zero-order chi connectivity index (χ0) is 19.0. The van der Waals surface area contributed by atoms with E-state index in [4.69, 9.17) is 4.74 Å². The summed E-state index contributed by atoms with van der Waals surface area (Å²) in [7, 11) is 4.06. The normalized spacial score (nSPS) is 14.2. The number of carbonyl (C=O) groups is 1. The Bertz CT molecular complexity index is 993. The third kappa shape index (κ3) is 3.28. The molecule has 1 aliphatic rings. The molecule has 0 spiro atoms. The van der Waals surface area contributed by atoms with Gasteiger partial charge in [0.15, 0.2) is 0 Å². The number of ether oxygens (including phenoxy) is 1. The van der Waals surface area contributed by atoms with Crippen LogP contribution in [0.4, 0.5) is 0 Å². The van der Waals surface area contributed by atoms with Crippen molar-refractivity contribution in [2.24, 2.45) is 0 Å². The number of carbonyl (C=O) groups excluding carboxylic acids is 1. The first kappa shape index (κ1) is 17.5. The minimum atomic E-state index is -0.109. The average Bonchev–Trinajstić information content (AvgIpc) is 3.24. The van der Waals surface area contributed by atoms with E-state index in [-0.39, 0.29) is 11.9 Å². The lowest BCUT2D eigenvalue weighted by molar-refractivity contribution is 0.0935. The van der Waals surface area contributed by atoms with Gasteiger partial charge in [0.25, 0.3) is 5.91 Å². The lowest BCUT2D eigenvalue weighted by atomic mass is 10.0. The van der Waals surface area contributed by atoms with Crippen molar-refractivity contribution in [2.75, 3.05) is 27.2 Å². The molecule has 3 heterocycles. The standard InChI is InChI=1S/C21H24N4O2/c1-14-20(25-10-5-4-6-19(25)23-14)21(26)22-13-17(24(2)3)15-7-8-18-16(12-15)9-11-27-18/h4-8,10,12,17H,9,11,13H2,1-3H3,(H,22,26)/t17-/m0/s1. The van der Waals surface area contributed by atoms with Crippen LogP contribution in [0.5, 0.6) is 5.75 Å². The Morgan fingerprint density at radius 3 is 3.00 bits per heavy atom. The van der Waals surface area contributed by atoms with Crippen LogP contribution in [0, 0.1) is 6.92 Å². The molecule has 6 heteroatoms. The number of benzene rings is 1. The Morgan fingerprint density at radius 1 is 1.33 bits per heavy atom. The van der Waals surface area contributed by atoms with Crippen molar-refractivity contribution in [1.82, 2.24) is 19.6 Å². The molecule has 0 saturated carbocycles. The van der Waals surface area contributed by atoms with E-state index in [0.29, 0.717) is 12.2 Å². The number of aryl methyl sites for hydroxylation is 1. The second-order valence-corrected chi connectivity index (χ2v) is 7.13. The number of nitrogens with one attached hydrogen (secondary N) is 1. The number of hydrogen-bond donors (Lipinski definition) is 1. The second kappa shape index (κ2) is 7.04. The molecule has 2 aromatic heterocycles. The second-order valence-electron chi connectivity index (χ2n) is 7.13. The topological polar surface area (TPSA) is 58.9 Å². The molecule has 0 radical (unpaired) electrons. The molecule has 27 heavy (non-hydrogen) atoms. The lowest BCUT2D eigenvalue weighted by Crippen LogP contribution is -2.35. The molecule has 1 aliphatic heterocycles. The minimum absolute atomic E-state index is 0.0827. The molecule has 1 atom stereocenters. The molecule has 0 unspecified atom stereocenters. The minimum Gasteiger partial charge on any atom is -0.493 e. The monoisotopic (exact) mass is 364 g/mol. The fourth-order valence-corrected chi connectivity index (χ4v) is 3.67. The maximum Gasteiger partial charge on any atom is 0.270 e. The molecule has 3 aromatic rings. The van der Waals surface area contributed by atoms with E-state index in [1.807, 2.05) is 55.9 Å². The number of likely N-dealkylation sites (N-methyl/N-ethyl adjacent to an activating group) is 1. The summed E-state index contributed by atoms with van der Waals surface area (Å²) < 4.78 is 7.44. The van der Waals surface area contributed by atoms with Gasteiger partial charge in [-0.1, -0.05) is 18.2 Å². The number of pyridine rings is 1. The molecule has 0 fully saturated rings. The van der Waals surface area contributed by atoms with Gasteiger partial charge >= 0.3 is 0 Å². The van der Waals surface area contributed by atoms with Crippen LogP contribution in [-0.2, 0) is 6.42 Å². The van der Waals surface area contributed by atoms with Crippen molar-refractivity contribution in [1.29, 1.82) is 0 Å². The molecular formula is C21H24N4O2. The van der Waals surface area contributed by atoms with Gasteiger partial charge in [-0.05, 0) is 50.3 Å². The molecule has 140 valence electrons. The molecule has 4 rings (SSSR count). The molecule has 0 bridgehead atoms. The van der Waals surface area contributed by atoms with Crippen molar-refractivity contribution in [3.8, 4) is 5.75 Å². The van der Waals surface area contributed by atoms with Crippen LogP contribution in [0.25, 0.3) is 5.65 Å². The summed E-state index contributed by atoms with van der Waals surface area (Å²) in [5, 5.41) is 3.09. The maximum atomic E-state index is 12.9. The lowest BCUT2D eigenvalue weighted by Gasteiger charge is -2.25. The zero-order valence-corrected chi connectivity index (χ0v) is 15.9. The van der Waals surface area contributed by atoms with Crippen LogP contribution in [0.1, 0.15) is 33.4 Å². The zero-order valence-electron chi connectivity index (χ0n) is 15.9. The van der Waals surface area contributed by atoms with Crippen LogP contribution in [0.15, 0.2) is 42.6 Å². The van der Waals surface area contributed by atoms with Crippen molar-refractivity contribution < 1.29 is 9.53 Å². The van der Waals surface area contributed by atoms with Crippen LogP contribution in [0.3, 0.4) is 0 Å². The van der Waals surface area contributed by atoms with Crippen molar-refractivity contribution in [3.05, 3.63) is 65.1 Å². The number of nitrogens with zero attached hydrogens (tertiary/aromatic N) is 3. The van der Waals surface area contributed by atoms with E-state index in [1.54, 1.807) is 0 Å². The summed E-state index contributed by atoms with van der Waals surface area (Å²) in [5.74, 6) is 0.865. The average molecular weight is 364 g/mol. The van der Waals surface area contributed by atoms with E-state index in [9.17, 15) is 4.79 Å². The first-order chi connectivity index (χ1) is 13.0. The number of fused-ring (bicyclic) bond motifs is 2. The van der Waals surface area contributed by atoms with E-state index in [2.05, 4.69) is 27.3 Å². The summed E-state index contributed by atoms with van der Waals surface area (Å²) in [6, 6.07) is 12.1. The predicted molar refractivity (Wildman–Crippen MR) is 104 cm³/mol. The Morgan fingerprint density at radius 2 is 2.19 bits per heavy atom. The Labute approximate surface area is 158 Å². The number of amides is 1. The third-order valence-corrected chi connectivity index (χ3v) is 5.10. The van der Waals surface area contributed by atoms with Crippen LogP contribution in [-0.4, -0.2) is 47.4 Å². The molecule has 0 saturated heterocycles. The highest BCUT2D eigenvalue weighted by Crippen LogP contribution is 2.29. The van der Waals surface area contributed by atoms with E-state index in [0.717, 1.165) is 30.1 Å². The molecule has 1 amide bonds. The number of aromatic nitrogens is 2. The highest BCUT2D eigenvalue weighted by Gasteiger charge is 2.21. The summed E-state index contributed by atoms with van der Waals surface area (Å²) in [6.45, 7) is 3.13. The van der Waals surface area contributed by atoms with Gasteiger partial charge < -0.3 is 15.0 Å². The van der Waals surface area contributed by atoms with Crippen LogP contribution >= 0.6 is 0 Å². The predicted octanol–water partition coefficient (Wildman–Crippen LogP) is 2.61. The summed E-state index contributed by atoms with van der Waals surface area (Å²) in [5.41, 5.74) is 4.52. The van der Waals surface area contributed by atoms with Gasteiger partial charge in [-0.2, -0.15) is 0 Å². The van der Waals surface area contributed by atoms with Crippen LogP contribution < -0.4 is 10.1 Å². The molecule has 0 aliphatic carbocycles. The third-order valence-electron chi connectivity index (χ3n) is 5.10. The quantitative estimate of drug-likeness (QED) is 0.756. The van der Waals surface area contributed by atoms with E-state index in [1.165, 1.54) is 11.1 Å². The fourth-order valence-electron chi connectivity index (χ4n) is 3.67. The summed E-state index contributed by atoms with van der Waals surface area (Å²) in [6.07, 6.45) is 2.81. The van der Waals surface area contributed by atoms with Gasteiger partial charge in [0, 0.05) is 19.2 Å². The van der Waals surface area contributed by atoms with Crippen molar-refractivity contribution in [3.63, 3.8) is 0 Å². The molecule has 1 N–H and O–H groups in total. The highest BCUT2D eigenvalue weighted by atomic mass is 16.5. The number of hydrogen-bond acceptors (Lipinski definition) is 4. The largest absolute Gasteiger partial charge is 0.493 e. The molecule has 6 nitrogen and oxygen atoms in total. The van der Waals surface area contributed by atoms with Gasteiger partial charge in [-0.15, -0.1) is 0 Å². The first-order valence-electron chi connectivity index (χ1n) is 9.18. The summed E-state index contributed by atoms with van der Waals surface area (Å²) in [4.78, 5) is 19.5. The maximum absolute atomic E-state index is 12.9. The SMILES string of the molecule is Cc1nc2ccccn2c1C(=O)NC[C@@H](c1ccc2c(c1)CCO2)N(C)C. The molecule has 1 aromatic carbocycles. The number of imidazole rings is 1. The number of rotatable bonds is 5. The fraction of sp³-hybridized carbons (Fsp3) is 0.333. The Hall–Kier alpha value is -2.86. The van der Waals surface area contributed by atoms with Gasteiger partial charge in [-0.25, -0.2) is 4.98 Å². The smallest absolute Gasteiger partial charge is 0.270 e. The van der Waals surface area contributed by atoms with Gasteiger partial charge in [0.05, 0.1) is 18.3 Å². The Balaban J connectivity index is 1.54. The Kier molecular flexibility index (Phi) is 4.58. The highest BCUT2D eigenvalue weighted by molar-refractivity contribution is 5.94. The van der Waals surface area contributed by atoms with Crippen LogP contribution in [0.2, 0.25) is 0 Å². The van der Waals surface area contributed by atoms with Crippen molar-refractivity contribution in [2.45, 2.75) is 19.4 Å². The van der Waals surface area contributed by atoms with E-state index >= 15 is 0 Å². The van der Waals surface area contributed by atoms with E-state index < -0.39 is 0 Å². The van der Waals surface area contributed by atoms with Gasteiger partial charge in [-0.3, -0.25) is 9.20 Å².